The van der Waals surface area contributed by atoms with E-state index >= 15 is 0 Å². The third-order valence-electron chi connectivity index (χ3n) is 3.47. The fourth-order valence-electron chi connectivity index (χ4n) is 2.33. The van der Waals surface area contributed by atoms with Crippen LogP contribution in [0.1, 0.15) is 38.5 Å². The zero-order chi connectivity index (χ0) is 12.7. The fraction of sp³-hybridized carbons (Fsp3) is 0.833. The number of primary amides is 1. The number of amides is 2. The lowest BCUT2D eigenvalue weighted by atomic mass is 9.80. The molecule has 0 unspecified atom stereocenters. The highest BCUT2D eigenvalue weighted by Gasteiger charge is 2.21. The lowest BCUT2D eigenvalue weighted by Crippen LogP contribution is -2.30. The number of hydrogen-bond acceptors (Lipinski definition) is 3. The second kappa shape index (κ2) is 7.27. The number of hydrogen-bond donors (Lipinski definition) is 3. The maximum absolute atomic E-state index is 11.6. The van der Waals surface area contributed by atoms with E-state index in [2.05, 4.69) is 5.32 Å². The summed E-state index contributed by atoms with van der Waals surface area (Å²) in [5.41, 5.74) is 10.6. The number of nitrogens with two attached hydrogens (primary N) is 2. The minimum Gasteiger partial charge on any atom is -0.370 e. The van der Waals surface area contributed by atoms with Crippen molar-refractivity contribution in [3.63, 3.8) is 0 Å². The monoisotopic (exact) mass is 241 g/mol. The summed E-state index contributed by atoms with van der Waals surface area (Å²) in [7, 11) is 0. The van der Waals surface area contributed by atoms with Gasteiger partial charge < -0.3 is 16.8 Å². The van der Waals surface area contributed by atoms with Crippen LogP contribution >= 0.6 is 0 Å². The van der Waals surface area contributed by atoms with E-state index in [1.807, 2.05) is 0 Å². The van der Waals surface area contributed by atoms with Gasteiger partial charge in [0.2, 0.25) is 11.8 Å². The second-order valence-electron chi connectivity index (χ2n) is 4.89. The number of carbonyl (C=O) groups is 2. The van der Waals surface area contributed by atoms with Crippen LogP contribution in [0.15, 0.2) is 0 Å². The third kappa shape index (κ3) is 5.68. The van der Waals surface area contributed by atoms with Crippen molar-refractivity contribution in [2.75, 3.05) is 13.1 Å². The lowest BCUT2D eigenvalue weighted by molar-refractivity contribution is -0.122. The summed E-state index contributed by atoms with van der Waals surface area (Å²) in [6, 6.07) is 0. The summed E-state index contributed by atoms with van der Waals surface area (Å²) in [6.07, 6.45) is 5.23. The van der Waals surface area contributed by atoms with E-state index in [0.29, 0.717) is 24.8 Å². The molecule has 0 atom stereocenters. The Hall–Kier alpha value is -1.10. The molecule has 0 aromatic rings. The molecule has 5 heteroatoms. The standard InChI is InChI=1S/C12H23N3O2/c13-8-10-3-1-9(2-4-10)7-12(17)15-6-5-11(14)16/h9-10H,1-8,13H2,(H2,14,16)(H,15,17). The average molecular weight is 241 g/mol. The largest absolute Gasteiger partial charge is 0.370 e. The normalized spacial score (nSPS) is 24.3. The molecule has 17 heavy (non-hydrogen) atoms. The summed E-state index contributed by atoms with van der Waals surface area (Å²) in [6.45, 7) is 1.11. The molecule has 0 aliphatic heterocycles. The second-order valence-corrected chi connectivity index (χ2v) is 4.89. The first-order valence-electron chi connectivity index (χ1n) is 6.37. The van der Waals surface area contributed by atoms with Gasteiger partial charge in [-0.15, -0.1) is 0 Å². The number of nitrogens with one attached hydrogen (secondary N) is 1. The third-order valence-corrected chi connectivity index (χ3v) is 3.47. The zero-order valence-electron chi connectivity index (χ0n) is 10.3. The fourth-order valence-corrected chi connectivity index (χ4v) is 2.33. The van der Waals surface area contributed by atoms with Gasteiger partial charge in [-0.05, 0) is 44.1 Å². The molecule has 1 saturated carbocycles. The molecule has 1 fully saturated rings. The van der Waals surface area contributed by atoms with Crippen molar-refractivity contribution in [2.45, 2.75) is 38.5 Å². The summed E-state index contributed by atoms with van der Waals surface area (Å²) in [5.74, 6) is 0.770. The van der Waals surface area contributed by atoms with Crippen molar-refractivity contribution < 1.29 is 9.59 Å². The lowest BCUT2D eigenvalue weighted by Gasteiger charge is -2.27. The van der Waals surface area contributed by atoms with E-state index in [9.17, 15) is 9.59 Å². The molecule has 0 bridgehead atoms. The quantitative estimate of drug-likeness (QED) is 0.616. The van der Waals surface area contributed by atoms with Gasteiger partial charge in [-0.25, -0.2) is 0 Å². The SMILES string of the molecule is NCC1CCC(CC(=O)NCCC(N)=O)CC1. The maximum atomic E-state index is 11.6. The molecule has 5 N–H and O–H groups in total. The van der Waals surface area contributed by atoms with Crippen LogP contribution in [0.3, 0.4) is 0 Å². The summed E-state index contributed by atoms with van der Waals surface area (Å²) < 4.78 is 0. The Balaban J connectivity index is 2.12. The van der Waals surface area contributed by atoms with Crippen molar-refractivity contribution in [3.05, 3.63) is 0 Å². The Kier molecular flexibility index (Phi) is 5.97. The molecule has 0 saturated heterocycles. The number of carbonyl (C=O) groups excluding carboxylic acids is 2. The minimum absolute atomic E-state index is 0.0300. The Labute approximate surface area is 102 Å². The van der Waals surface area contributed by atoms with Crippen LogP contribution in [0.4, 0.5) is 0 Å². The highest BCUT2D eigenvalue weighted by atomic mass is 16.2. The summed E-state index contributed by atoms with van der Waals surface area (Å²) in [5, 5.41) is 2.72. The van der Waals surface area contributed by atoms with E-state index in [4.69, 9.17) is 11.5 Å². The van der Waals surface area contributed by atoms with Crippen molar-refractivity contribution in [2.24, 2.45) is 23.3 Å². The minimum atomic E-state index is -0.381. The van der Waals surface area contributed by atoms with Crippen molar-refractivity contribution in [3.8, 4) is 0 Å². The molecule has 98 valence electrons. The van der Waals surface area contributed by atoms with Gasteiger partial charge in [0.15, 0.2) is 0 Å². The molecule has 5 nitrogen and oxygen atoms in total. The van der Waals surface area contributed by atoms with Gasteiger partial charge in [-0.2, -0.15) is 0 Å². The summed E-state index contributed by atoms with van der Waals surface area (Å²) in [4.78, 5) is 22.1. The van der Waals surface area contributed by atoms with Crippen LogP contribution in [0.2, 0.25) is 0 Å². The summed E-state index contributed by atoms with van der Waals surface area (Å²) >= 11 is 0. The smallest absolute Gasteiger partial charge is 0.220 e. The van der Waals surface area contributed by atoms with Gasteiger partial charge in [-0.3, -0.25) is 9.59 Å². The van der Waals surface area contributed by atoms with Gasteiger partial charge in [-0.1, -0.05) is 0 Å². The van der Waals surface area contributed by atoms with Crippen LogP contribution in [0.5, 0.6) is 0 Å². The van der Waals surface area contributed by atoms with Crippen LogP contribution in [-0.2, 0) is 9.59 Å². The van der Waals surface area contributed by atoms with Crippen LogP contribution < -0.4 is 16.8 Å². The highest BCUT2D eigenvalue weighted by molar-refractivity contribution is 5.78. The van der Waals surface area contributed by atoms with Gasteiger partial charge >= 0.3 is 0 Å². The average Bonchev–Trinajstić information content (AvgIpc) is 2.29. The highest BCUT2D eigenvalue weighted by Crippen LogP contribution is 2.29. The van der Waals surface area contributed by atoms with Gasteiger partial charge in [0.1, 0.15) is 0 Å². The van der Waals surface area contributed by atoms with Crippen molar-refractivity contribution in [1.82, 2.24) is 5.32 Å². The Morgan fingerprint density at radius 2 is 1.71 bits per heavy atom. The van der Waals surface area contributed by atoms with Crippen LogP contribution in [-0.4, -0.2) is 24.9 Å². The van der Waals surface area contributed by atoms with E-state index in [1.165, 1.54) is 0 Å². The Morgan fingerprint density at radius 1 is 1.12 bits per heavy atom. The molecule has 1 aliphatic carbocycles. The van der Waals surface area contributed by atoms with E-state index < -0.39 is 0 Å². The molecular formula is C12H23N3O2. The molecule has 0 radical (unpaired) electrons. The van der Waals surface area contributed by atoms with E-state index in [1.54, 1.807) is 0 Å². The van der Waals surface area contributed by atoms with Crippen molar-refractivity contribution >= 4 is 11.8 Å². The predicted octanol–water partition coefficient (Wildman–Crippen LogP) is 0.133. The first-order chi connectivity index (χ1) is 8.11. The molecule has 0 heterocycles. The Bertz CT molecular complexity index is 260. The van der Waals surface area contributed by atoms with Crippen LogP contribution in [0.25, 0.3) is 0 Å². The number of rotatable bonds is 6. The molecule has 0 aromatic heterocycles. The van der Waals surface area contributed by atoms with Gasteiger partial charge in [0.05, 0.1) is 0 Å². The molecule has 1 aliphatic rings. The Morgan fingerprint density at radius 3 is 2.24 bits per heavy atom. The molecular weight excluding hydrogens is 218 g/mol. The first kappa shape index (κ1) is 14.0. The zero-order valence-corrected chi connectivity index (χ0v) is 10.3. The predicted molar refractivity (Wildman–Crippen MR) is 65.9 cm³/mol. The molecule has 0 spiro atoms. The van der Waals surface area contributed by atoms with E-state index in [0.717, 1.165) is 32.2 Å². The van der Waals surface area contributed by atoms with Crippen LogP contribution in [0, 0.1) is 11.8 Å². The van der Waals surface area contributed by atoms with Gasteiger partial charge in [0, 0.05) is 19.4 Å². The molecule has 2 amide bonds. The maximum Gasteiger partial charge on any atom is 0.220 e. The first-order valence-corrected chi connectivity index (χ1v) is 6.37. The van der Waals surface area contributed by atoms with E-state index in [-0.39, 0.29) is 18.2 Å². The topological polar surface area (TPSA) is 98.2 Å². The molecule has 0 aromatic carbocycles. The van der Waals surface area contributed by atoms with Crippen molar-refractivity contribution in [1.29, 1.82) is 0 Å². The molecule has 1 rings (SSSR count). The van der Waals surface area contributed by atoms with Gasteiger partial charge in [0.25, 0.3) is 0 Å².